The van der Waals surface area contributed by atoms with Gasteiger partial charge in [-0.1, -0.05) is 69.8 Å². The van der Waals surface area contributed by atoms with E-state index >= 15 is 0 Å². The number of carbonyl (C=O) groups excluding carboxylic acids is 1. The predicted molar refractivity (Wildman–Crippen MR) is 131 cm³/mol. The lowest BCUT2D eigenvalue weighted by Crippen LogP contribution is -2.21. The molecule has 2 amide bonds. The molecule has 0 heterocycles. The number of rotatable bonds is 7. The van der Waals surface area contributed by atoms with Crippen LogP contribution in [-0.4, -0.2) is 11.0 Å². The first-order valence-electron chi connectivity index (χ1n) is 10.5. The Balaban J connectivity index is 1.72. The Morgan fingerprint density at radius 3 is 2.00 bits per heavy atom. The van der Waals surface area contributed by atoms with Gasteiger partial charge < -0.3 is 10.6 Å². The fourth-order valence-electron chi connectivity index (χ4n) is 3.40. The SMILES string of the molecule is CC(C)c1cccc(C(C)C)c1NC(=O)Nc1ccc(Sc2ccccc2[N+](=O)[O-])cc1. The van der Waals surface area contributed by atoms with Crippen LogP contribution in [0.1, 0.15) is 50.7 Å². The second-order valence-electron chi connectivity index (χ2n) is 8.05. The topological polar surface area (TPSA) is 84.3 Å². The molecular formula is C25H27N3O3S. The summed E-state index contributed by atoms with van der Waals surface area (Å²) in [4.78, 5) is 25.0. The Labute approximate surface area is 192 Å². The number of hydrogen-bond acceptors (Lipinski definition) is 4. The van der Waals surface area contributed by atoms with Crippen LogP contribution >= 0.6 is 11.8 Å². The van der Waals surface area contributed by atoms with Crippen molar-refractivity contribution in [3.8, 4) is 0 Å². The number of para-hydroxylation sites is 2. The Bertz CT molecular complexity index is 1090. The van der Waals surface area contributed by atoms with E-state index in [2.05, 4.69) is 38.3 Å². The number of nitrogens with one attached hydrogen (secondary N) is 2. The van der Waals surface area contributed by atoms with E-state index in [1.54, 1.807) is 30.3 Å². The number of nitrogens with zero attached hydrogens (tertiary/aromatic N) is 1. The third kappa shape index (κ3) is 5.68. The number of nitro benzene ring substituents is 1. The van der Waals surface area contributed by atoms with E-state index < -0.39 is 0 Å². The van der Waals surface area contributed by atoms with Gasteiger partial charge in [0, 0.05) is 22.3 Å². The number of benzene rings is 3. The molecule has 0 aliphatic heterocycles. The maximum absolute atomic E-state index is 12.7. The summed E-state index contributed by atoms with van der Waals surface area (Å²) < 4.78 is 0. The number of anilines is 2. The zero-order chi connectivity index (χ0) is 23.3. The van der Waals surface area contributed by atoms with E-state index in [0.29, 0.717) is 10.6 Å². The largest absolute Gasteiger partial charge is 0.323 e. The lowest BCUT2D eigenvalue weighted by Gasteiger charge is -2.20. The fraction of sp³-hybridized carbons (Fsp3) is 0.240. The van der Waals surface area contributed by atoms with Crippen LogP contribution in [0.15, 0.2) is 76.5 Å². The van der Waals surface area contributed by atoms with Gasteiger partial charge in [0.2, 0.25) is 0 Å². The van der Waals surface area contributed by atoms with Gasteiger partial charge in [-0.2, -0.15) is 0 Å². The summed E-state index contributed by atoms with van der Waals surface area (Å²) in [6, 6.07) is 19.7. The molecule has 6 nitrogen and oxygen atoms in total. The lowest BCUT2D eigenvalue weighted by atomic mass is 9.93. The number of urea groups is 1. The zero-order valence-electron chi connectivity index (χ0n) is 18.6. The summed E-state index contributed by atoms with van der Waals surface area (Å²) in [6.45, 7) is 8.43. The third-order valence-electron chi connectivity index (χ3n) is 5.01. The minimum Gasteiger partial charge on any atom is -0.308 e. The molecule has 3 aromatic carbocycles. The van der Waals surface area contributed by atoms with Crippen molar-refractivity contribution in [1.29, 1.82) is 0 Å². The second kappa shape index (κ2) is 10.3. The normalized spacial score (nSPS) is 10.9. The van der Waals surface area contributed by atoms with Gasteiger partial charge in [-0.25, -0.2) is 4.79 Å². The summed E-state index contributed by atoms with van der Waals surface area (Å²) in [5, 5.41) is 17.1. The molecular weight excluding hydrogens is 422 g/mol. The first-order valence-corrected chi connectivity index (χ1v) is 11.3. The van der Waals surface area contributed by atoms with Crippen molar-refractivity contribution in [2.75, 3.05) is 10.6 Å². The van der Waals surface area contributed by atoms with Gasteiger partial charge in [0.15, 0.2) is 0 Å². The van der Waals surface area contributed by atoms with Crippen LogP contribution < -0.4 is 10.6 Å². The predicted octanol–water partition coefficient (Wildman–Crippen LogP) is 7.64. The molecule has 0 spiro atoms. The first-order chi connectivity index (χ1) is 15.3. The van der Waals surface area contributed by atoms with Gasteiger partial charge in [-0.3, -0.25) is 10.1 Å². The van der Waals surface area contributed by atoms with Gasteiger partial charge in [0.1, 0.15) is 0 Å². The monoisotopic (exact) mass is 449 g/mol. The van der Waals surface area contributed by atoms with E-state index in [0.717, 1.165) is 21.7 Å². The molecule has 0 aliphatic rings. The van der Waals surface area contributed by atoms with Crippen LogP contribution in [0.25, 0.3) is 0 Å². The van der Waals surface area contributed by atoms with E-state index in [9.17, 15) is 14.9 Å². The number of hydrogen-bond donors (Lipinski definition) is 2. The van der Waals surface area contributed by atoms with Crippen molar-refractivity contribution in [3.05, 3.63) is 88.0 Å². The maximum Gasteiger partial charge on any atom is 0.323 e. The molecule has 0 bridgehead atoms. The molecule has 2 N–H and O–H groups in total. The lowest BCUT2D eigenvalue weighted by molar-refractivity contribution is -0.387. The molecule has 0 aromatic heterocycles. The van der Waals surface area contributed by atoms with Crippen LogP contribution in [0.5, 0.6) is 0 Å². The molecule has 3 aromatic rings. The number of carbonyl (C=O) groups is 1. The summed E-state index contributed by atoms with van der Waals surface area (Å²) in [6.07, 6.45) is 0. The highest BCUT2D eigenvalue weighted by molar-refractivity contribution is 7.99. The van der Waals surface area contributed by atoms with E-state index in [-0.39, 0.29) is 28.5 Å². The molecule has 166 valence electrons. The van der Waals surface area contributed by atoms with Crippen LogP contribution in [-0.2, 0) is 0 Å². The van der Waals surface area contributed by atoms with Gasteiger partial charge >= 0.3 is 6.03 Å². The van der Waals surface area contributed by atoms with Gasteiger partial charge in [-0.05, 0) is 53.3 Å². The van der Waals surface area contributed by atoms with Crippen molar-refractivity contribution < 1.29 is 9.72 Å². The Kier molecular flexibility index (Phi) is 7.53. The molecule has 0 unspecified atom stereocenters. The molecule has 0 saturated carbocycles. The third-order valence-corrected chi connectivity index (χ3v) is 6.09. The minimum atomic E-state index is -0.386. The van der Waals surface area contributed by atoms with Gasteiger partial charge in [0.25, 0.3) is 5.69 Å². The van der Waals surface area contributed by atoms with Crippen LogP contribution in [0.2, 0.25) is 0 Å². The Morgan fingerprint density at radius 1 is 0.844 bits per heavy atom. The summed E-state index contributed by atoms with van der Waals surface area (Å²) in [7, 11) is 0. The maximum atomic E-state index is 12.7. The molecule has 7 heteroatoms. The molecule has 0 saturated heterocycles. The molecule has 3 rings (SSSR count). The van der Waals surface area contributed by atoms with E-state index in [1.165, 1.54) is 17.8 Å². The quantitative estimate of drug-likeness (QED) is 0.287. The highest BCUT2D eigenvalue weighted by atomic mass is 32.2. The first kappa shape index (κ1) is 23.3. The molecule has 0 fully saturated rings. The zero-order valence-corrected chi connectivity index (χ0v) is 19.4. The van der Waals surface area contributed by atoms with Crippen LogP contribution in [0.3, 0.4) is 0 Å². The standard InChI is InChI=1S/C25H27N3O3S/c1-16(2)20-8-7-9-21(17(3)4)24(20)27-25(29)26-18-12-14-19(15-13-18)32-23-11-6-5-10-22(23)28(30)31/h5-17H,1-4H3,(H2,26,27,29). The molecule has 0 atom stereocenters. The van der Waals surface area contributed by atoms with Crippen molar-refractivity contribution in [2.24, 2.45) is 0 Å². The van der Waals surface area contributed by atoms with Crippen molar-refractivity contribution in [3.63, 3.8) is 0 Å². The summed E-state index contributed by atoms with van der Waals surface area (Å²) >= 11 is 1.31. The minimum absolute atomic E-state index is 0.0730. The molecule has 32 heavy (non-hydrogen) atoms. The van der Waals surface area contributed by atoms with Crippen molar-refractivity contribution in [1.82, 2.24) is 0 Å². The highest BCUT2D eigenvalue weighted by Crippen LogP contribution is 2.35. The Hall–Kier alpha value is -3.32. The smallest absolute Gasteiger partial charge is 0.308 e. The second-order valence-corrected chi connectivity index (χ2v) is 9.17. The Morgan fingerprint density at radius 2 is 1.44 bits per heavy atom. The highest BCUT2D eigenvalue weighted by Gasteiger charge is 2.16. The van der Waals surface area contributed by atoms with Gasteiger partial charge in [-0.15, -0.1) is 0 Å². The number of nitro groups is 1. The van der Waals surface area contributed by atoms with Gasteiger partial charge in [0.05, 0.1) is 9.82 Å². The van der Waals surface area contributed by atoms with Crippen LogP contribution in [0.4, 0.5) is 21.9 Å². The van der Waals surface area contributed by atoms with Crippen LogP contribution in [0, 0.1) is 10.1 Å². The van der Waals surface area contributed by atoms with Crippen molar-refractivity contribution >= 4 is 34.9 Å². The number of amides is 2. The molecule has 0 aliphatic carbocycles. The summed E-state index contributed by atoms with van der Waals surface area (Å²) in [5.41, 5.74) is 3.77. The summed E-state index contributed by atoms with van der Waals surface area (Å²) in [5.74, 6) is 0.560. The molecule has 0 radical (unpaired) electrons. The average molecular weight is 450 g/mol. The van der Waals surface area contributed by atoms with Crippen molar-refractivity contribution in [2.45, 2.75) is 49.3 Å². The average Bonchev–Trinajstić information content (AvgIpc) is 2.75. The van der Waals surface area contributed by atoms with E-state index in [4.69, 9.17) is 0 Å². The van der Waals surface area contributed by atoms with E-state index in [1.807, 2.05) is 30.3 Å². The fourth-order valence-corrected chi connectivity index (χ4v) is 4.32.